The second kappa shape index (κ2) is 15.1. The van der Waals surface area contributed by atoms with Crippen molar-refractivity contribution in [2.45, 2.75) is 100 Å². The van der Waals surface area contributed by atoms with Crippen LogP contribution < -0.4 is 0 Å². The molecule has 0 aromatic rings. The van der Waals surface area contributed by atoms with Crippen molar-refractivity contribution in [3.05, 3.63) is 10.4 Å². The zero-order valence-corrected chi connectivity index (χ0v) is 22.5. The first-order valence-electron chi connectivity index (χ1n) is 13.2. The highest BCUT2D eigenvalue weighted by Gasteiger charge is 2.54. The van der Waals surface area contributed by atoms with Crippen molar-refractivity contribution >= 4 is 5.97 Å². The highest BCUT2D eigenvalue weighted by molar-refractivity contribution is 5.73. The molecule has 3 rings (SSSR count). The second-order valence-corrected chi connectivity index (χ2v) is 10.3. The quantitative estimate of drug-likeness (QED) is 0.0475. The maximum atomic E-state index is 12.1. The first-order valence-corrected chi connectivity index (χ1v) is 13.2. The van der Waals surface area contributed by atoms with Crippen LogP contribution in [-0.2, 0) is 33.2 Å². The molecule has 15 atom stereocenters. The van der Waals surface area contributed by atoms with Crippen molar-refractivity contribution in [2.75, 3.05) is 26.4 Å². The van der Waals surface area contributed by atoms with Gasteiger partial charge in [0.1, 0.15) is 42.7 Å². The minimum absolute atomic E-state index is 0.0981. The fourth-order valence-corrected chi connectivity index (χ4v) is 4.97. The summed E-state index contributed by atoms with van der Waals surface area (Å²) in [5.41, 5.74) is 8.38. The average Bonchev–Trinajstić information content (AvgIpc) is 2.95. The number of aliphatic hydroxyl groups excluding tert-OH is 7. The standard InChI is InChI=1S/C23H39N3O15/c1-8-12(29)13(30)10(6-27)38-22(8)40-18-15(32)16(33)23(41-19(18)20(34)35)39-17-9(2)21(36-5-3-4-25-26-24)37-11(7-28)14(17)31/h8-19,21-23,27-33H,3-7H2,1-2H3,(H,34,35)/t8?,9?,10?,11?,12-,13-,14-,15-,16?,17-,18+,19?,21-,22+,23-/m1/s1. The van der Waals surface area contributed by atoms with E-state index >= 15 is 0 Å². The van der Waals surface area contributed by atoms with Crippen molar-refractivity contribution in [1.29, 1.82) is 0 Å². The summed E-state index contributed by atoms with van der Waals surface area (Å²) in [5, 5.41) is 85.2. The molecule has 3 fully saturated rings. The number of carboxylic acid groups (broad SMARTS) is 1. The molecule has 0 aromatic heterocycles. The third kappa shape index (κ3) is 7.62. The second-order valence-electron chi connectivity index (χ2n) is 10.3. The molecule has 0 amide bonds. The molecule has 6 unspecified atom stereocenters. The molecular weight excluding hydrogens is 558 g/mol. The highest BCUT2D eigenvalue weighted by Crippen LogP contribution is 2.35. The first-order chi connectivity index (χ1) is 19.5. The van der Waals surface area contributed by atoms with E-state index in [9.17, 15) is 45.6 Å². The van der Waals surface area contributed by atoms with Gasteiger partial charge in [0, 0.05) is 29.9 Å². The van der Waals surface area contributed by atoms with Gasteiger partial charge < -0.3 is 69.3 Å². The number of aliphatic carboxylic acids is 1. The maximum absolute atomic E-state index is 12.1. The van der Waals surface area contributed by atoms with Gasteiger partial charge in [-0.1, -0.05) is 19.0 Å². The fraction of sp³-hybridized carbons (Fsp3) is 0.957. The summed E-state index contributed by atoms with van der Waals surface area (Å²) in [6.07, 6.45) is -19.4. The van der Waals surface area contributed by atoms with Crippen molar-refractivity contribution in [2.24, 2.45) is 17.0 Å². The Labute approximate surface area is 234 Å². The molecule has 0 spiro atoms. The lowest BCUT2D eigenvalue weighted by molar-refractivity contribution is -0.367. The summed E-state index contributed by atoms with van der Waals surface area (Å²) in [4.78, 5) is 14.8. The number of aliphatic hydroxyl groups is 7. The van der Waals surface area contributed by atoms with E-state index in [2.05, 4.69) is 10.0 Å². The molecule has 0 saturated carbocycles. The Hall–Kier alpha value is -1.74. The van der Waals surface area contributed by atoms with E-state index in [1.54, 1.807) is 6.92 Å². The lowest BCUT2D eigenvalue weighted by Gasteiger charge is -2.48. The van der Waals surface area contributed by atoms with E-state index in [1.807, 2.05) is 0 Å². The molecule has 0 bridgehead atoms. The zero-order chi connectivity index (χ0) is 30.4. The van der Waals surface area contributed by atoms with E-state index in [0.29, 0.717) is 6.42 Å². The molecule has 236 valence electrons. The number of rotatable bonds is 12. The minimum atomic E-state index is -1.93. The van der Waals surface area contributed by atoms with Crippen molar-refractivity contribution in [3.63, 3.8) is 0 Å². The summed E-state index contributed by atoms with van der Waals surface area (Å²) >= 11 is 0. The smallest absolute Gasteiger partial charge is 0.335 e. The van der Waals surface area contributed by atoms with Crippen LogP contribution in [0.25, 0.3) is 10.4 Å². The Kier molecular flexibility index (Phi) is 12.5. The van der Waals surface area contributed by atoms with Crippen molar-refractivity contribution in [3.8, 4) is 0 Å². The van der Waals surface area contributed by atoms with Crippen molar-refractivity contribution in [1.82, 2.24) is 0 Å². The molecule has 0 radical (unpaired) electrons. The van der Waals surface area contributed by atoms with Gasteiger partial charge >= 0.3 is 5.97 Å². The largest absolute Gasteiger partial charge is 0.479 e. The van der Waals surface area contributed by atoms with Crippen LogP contribution in [0.5, 0.6) is 0 Å². The Morgan fingerprint density at radius 2 is 1.41 bits per heavy atom. The lowest BCUT2D eigenvalue weighted by Crippen LogP contribution is -2.65. The Bertz CT molecular complexity index is 894. The maximum Gasteiger partial charge on any atom is 0.335 e. The van der Waals surface area contributed by atoms with Crippen LogP contribution in [0.4, 0.5) is 0 Å². The van der Waals surface area contributed by atoms with E-state index in [-0.39, 0.29) is 13.2 Å². The normalized spacial score (nSPS) is 45.1. The molecule has 8 N–H and O–H groups in total. The molecule has 18 heteroatoms. The number of hydrogen-bond acceptors (Lipinski definition) is 15. The predicted octanol–water partition coefficient (Wildman–Crippen LogP) is -3.21. The van der Waals surface area contributed by atoms with Gasteiger partial charge in [-0.25, -0.2) is 4.79 Å². The van der Waals surface area contributed by atoms with Crippen LogP contribution >= 0.6 is 0 Å². The van der Waals surface area contributed by atoms with Crippen LogP contribution in [0.15, 0.2) is 5.11 Å². The minimum Gasteiger partial charge on any atom is -0.479 e. The van der Waals surface area contributed by atoms with Crippen molar-refractivity contribution < 1.29 is 74.1 Å². The van der Waals surface area contributed by atoms with Gasteiger partial charge in [-0.3, -0.25) is 0 Å². The molecule has 3 aliphatic rings. The van der Waals surface area contributed by atoms with Gasteiger partial charge in [0.05, 0.1) is 25.4 Å². The Balaban J connectivity index is 1.73. The summed E-state index contributed by atoms with van der Waals surface area (Å²) in [6, 6.07) is 0. The van der Waals surface area contributed by atoms with E-state index in [1.165, 1.54) is 6.92 Å². The van der Waals surface area contributed by atoms with E-state index in [0.717, 1.165) is 0 Å². The predicted molar refractivity (Wildman–Crippen MR) is 130 cm³/mol. The first kappa shape index (κ1) is 33.8. The molecule has 0 aliphatic carbocycles. The lowest BCUT2D eigenvalue weighted by atomic mass is 9.91. The number of carboxylic acids is 1. The fourth-order valence-electron chi connectivity index (χ4n) is 4.97. The van der Waals surface area contributed by atoms with Gasteiger partial charge in [0.2, 0.25) is 0 Å². The van der Waals surface area contributed by atoms with E-state index in [4.69, 9.17) is 34.0 Å². The summed E-state index contributed by atoms with van der Waals surface area (Å²) in [5.74, 6) is -3.29. The summed E-state index contributed by atoms with van der Waals surface area (Å²) < 4.78 is 33.6. The van der Waals surface area contributed by atoms with Gasteiger partial charge in [-0.05, 0) is 12.0 Å². The van der Waals surface area contributed by atoms with Crippen LogP contribution in [0.3, 0.4) is 0 Å². The van der Waals surface area contributed by atoms with Gasteiger partial charge in [0.25, 0.3) is 0 Å². The van der Waals surface area contributed by atoms with Crippen LogP contribution in [0.1, 0.15) is 20.3 Å². The molecule has 3 saturated heterocycles. The Morgan fingerprint density at radius 1 is 0.805 bits per heavy atom. The molecule has 3 heterocycles. The Morgan fingerprint density at radius 3 is 2.02 bits per heavy atom. The number of azide groups is 1. The molecule has 41 heavy (non-hydrogen) atoms. The van der Waals surface area contributed by atoms with Gasteiger partial charge in [-0.15, -0.1) is 0 Å². The summed E-state index contributed by atoms with van der Waals surface area (Å²) in [7, 11) is 0. The van der Waals surface area contributed by atoms with E-state index < -0.39 is 111 Å². The third-order valence-electron chi connectivity index (χ3n) is 7.46. The van der Waals surface area contributed by atoms with Crippen LogP contribution in [-0.4, -0.2) is 153 Å². The molecular formula is C23H39N3O15. The third-order valence-corrected chi connectivity index (χ3v) is 7.46. The zero-order valence-electron chi connectivity index (χ0n) is 22.5. The summed E-state index contributed by atoms with van der Waals surface area (Å²) in [6.45, 7) is 1.95. The molecule has 0 aromatic carbocycles. The number of carbonyl (C=O) groups is 1. The monoisotopic (exact) mass is 597 g/mol. The number of ether oxygens (including phenoxy) is 6. The highest BCUT2D eigenvalue weighted by atomic mass is 16.7. The van der Waals surface area contributed by atoms with Gasteiger partial charge in [-0.2, -0.15) is 0 Å². The SMILES string of the molecule is CC1[C@H](O[C@@H]2C(C(=O)O)O[C@@H](O[C@@H]3C(C)[C@H](OCCCN=[N+]=[N-])OC(CO)[C@H]3O)C(O)[C@H]2O)OC(CO)[C@@H](O)[C@@H]1O. The van der Waals surface area contributed by atoms with Crippen LogP contribution in [0.2, 0.25) is 0 Å². The topological polar surface area (TPSA) is 283 Å². The molecule has 3 aliphatic heterocycles. The van der Waals surface area contributed by atoms with Crippen LogP contribution in [0, 0.1) is 11.8 Å². The van der Waals surface area contributed by atoms with Gasteiger partial charge in [0.15, 0.2) is 25.0 Å². The number of nitrogens with zero attached hydrogens (tertiary/aromatic N) is 3. The average molecular weight is 598 g/mol. The molecule has 18 nitrogen and oxygen atoms in total. The number of hydrogen-bond donors (Lipinski definition) is 8.